The van der Waals surface area contributed by atoms with Gasteiger partial charge in [-0.15, -0.1) is 0 Å². The zero-order valence-corrected chi connectivity index (χ0v) is 8.69. The minimum atomic E-state index is -3.98. The molecule has 0 saturated carbocycles. The third kappa shape index (κ3) is 3.50. The highest BCUT2D eigenvalue weighted by molar-refractivity contribution is 7.51. The summed E-state index contributed by atoms with van der Waals surface area (Å²) < 4.78 is 10.7. The highest BCUT2D eigenvalue weighted by Crippen LogP contribution is 2.40. The maximum absolute atomic E-state index is 10.7. The first-order valence-electron chi connectivity index (χ1n) is 4.22. The average Bonchev–Trinajstić information content (AvgIpc) is 2.01. The Morgan fingerprint density at radius 3 is 2.57 bits per heavy atom. The van der Waals surface area contributed by atoms with Crippen molar-refractivity contribution in [3.05, 3.63) is 29.8 Å². The molecule has 1 aromatic carbocycles. The van der Waals surface area contributed by atoms with E-state index in [4.69, 9.17) is 14.9 Å². The second kappa shape index (κ2) is 4.13. The summed E-state index contributed by atoms with van der Waals surface area (Å²) in [6.07, 6.45) is -0.198. The molecule has 5 heteroatoms. The predicted molar refractivity (Wildman–Crippen MR) is 53.4 cm³/mol. The van der Waals surface area contributed by atoms with Gasteiger partial charge in [0, 0.05) is 0 Å². The molecule has 0 saturated heterocycles. The van der Waals surface area contributed by atoms with Crippen LogP contribution in [0.3, 0.4) is 0 Å². The van der Waals surface area contributed by atoms with Crippen LogP contribution in [0, 0.1) is 0 Å². The molecular formula is C9H13O4P. The van der Waals surface area contributed by atoms with Crippen molar-refractivity contribution >= 4 is 7.60 Å². The van der Waals surface area contributed by atoms with Gasteiger partial charge in [0.15, 0.2) is 0 Å². The van der Waals surface area contributed by atoms with Crippen LogP contribution >= 0.6 is 7.60 Å². The summed E-state index contributed by atoms with van der Waals surface area (Å²) in [6.45, 7) is 1.72. The van der Waals surface area contributed by atoms with Gasteiger partial charge in [-0.3, -0.25) is 4.57 Å². The molecule has 0 aliphatic rings. The standard InChI is InChI=1S/C9H13O4P/c1-7(6-14(11,12)13)8-3-2-4-9(10)5-8/h2-5,7,10H,6H2,1H3,(H2,11,12,13)/t7-/m0/s1. The molecule has 0 aromatic heterocycles. The number of aromatic hydroxyl groups is 1. The molecule has 0 radical (unpaired) electrons. The molecule has 1 atom stereocenters. The smallest absolute Gasteiger partial charge is 0.326 e. The first-order valence-corrected chi connectivity index (χ1v) is 6.02. The minimum Gasteiger partial charge on any atom is -0.508 e. The van der Waals surface area contributed by atoms with E-state index in [1.165, 1.54) is 12.1 Å². The topological polar surface area (TPSA) is 77.8 Å². The maximum Gasteiger partial charge on any atom is 0.326 e. The van der Waals surface area contributed by atoms with Gasteiger partial charge >= 0.3 is 7.60 Å². The van der Waals surface area contributed by atoms with Crippen LogP contribution in [0.25, 0.3) is 0 Å². The molecule has 0 aliphatic carbocycles. The van der Waals surface area contributed by atoms with E-state index in [1.54, 1.807) is 19.1 Å². The molecule has 0 amide bonds. The van der Waals surface area contributed by atoms with Crippen molar-refractivity contribution in [2.75, 3.05) is 6.16 Å². The Kier molecular flexibility index (Phi) is 3.32. The molecule has 1 rings (SSSR count). The molecule has 0 heterocycles. The van der Waals surface area contributed by atoms with Crippen molar-refractivity contribution in [2.45, 2.75) is 12.8 Å². The average molecular weight is 216 g/mol. The Labute approximate surface area is 82.4 Å². The van der Waals surface area contributed by atoms with E-state index >= 15 is 0 Å². The van der Waals surface area contributed by atoms with E-state index in [0.29, 0.717) is 0 Å². The molecule has 1 aromatic rings. The van der Waals surface area contributed by atoms with Crippen molar-refractivity contribution in [3.8, 4) is 5.75 Å². The Hall–Kier alpha value is -0.830. The van der Waals surface area contributed by atoms with Crippen molar-refractivity contribution in [2.24, 2.45) is 0 Å². The lowest BCUT2D eigenvalue weighted by Crippen LogP contribution is -2.00. The summed E-state index contributed by atoms with van der Waals surface area (Å²) in [6, 6.07) is 6.43. The second-order valence-electron chi connectivity index (χ2n) is 3.34. The largest absolute Gasteiger partial charge is 0.508 e. The summed E-state index contributed by atoms with van der Waals surface area (Å²) in [4.78, 5) is 17.5. The fraction of sp³-hybridized carbons (Fsp3) is 0.333. The zero-order valence-electron chi connectivity index (χ0n) is 7.79. The zero-order chi connectivity index (χ0) is 10.8. The number of benzene rings is 1. The second-order valence-corrected chi connectivity index (χ2v) is 5.04. The predicted octanol–water partition coefficient (Wildman–Crippen LogP) is 1.67. The van der Waals surface area contributed by atoms with E-state index in [9.17, 15) is 4.57 Å². The lowest BCUT2D eigenvalue weighted by Gasteiger charge is -2.12. The summed E-state index contributed by atoms with van der Waals surface area (Å²) >= 11 is 0. The lowest BCUT2D eigenvalue weighted by atomic mass is 10.0. The normalized spacial score (nSPS) is 13.9. The first-order chi connectivity index (χ1) is 6.38. The van der Waals surface area contributed by atoms with Gasteiger partial charge in [-0.2, -0.15) is 0 Å². The minimum absolute atomic E-state index is 0.111. The number of rotatable bonds is 3. The monoisotopic (exact) mass is 216 g/mol. The molecule has 3 N–H and O–H groups in total. The number of phenols is 1. The van der Waals surface area contributed by atoms with Crippen molar-refractivity contribution in [1.29, 1.82) is 0 Å². The van der Waals surface area contributed by atoms with Crippen LogP contribution < -0.4 is 0 Å². The van der Waals surface area contributed by atoms with Gasteiger partial charge in [0.1, 0.15) is 5.75 Å². The molecular weight excluding hydrogens is 203 g/mol. The number of hydrogen-bond donors (Lipinski definition) is 3. The third-order valence-corrected chi connectivity index (χ3v) is 2.97. The maximum atomic E-state index is 10.7. The highest BCUT2D eigenvalue weighted by Gasteiger charge is 2.19. The molecule has 0 spiro atoms. The van der Waals surface area contributed by atoms with Crippen molar-refractivity contribution in [1.82, 2.24) is 0 Å². The highest BCUT2D eigenvalue weighted by atomic mass is 31.2. The fourth-order valence-electron chi connectivity index (χ4n) is 1.29. The van der Waals surface area contributed by atoms with Gasteiger partial charge in [-0.25, -0.2) is 0 Å². The fourth-order valence-corrected chi connectivity index (χ4v) is 2.22. The summed E-state index contributed by atoms with van der Waals surface area (Å²) in [5.74, 6) is -0.150. The summed E-state index contributed by atoms with van der Waals surface area (Å²) in [7, 11) is -3.98. The third-order valence-electron chi connectivity index (χ3n) is 1.95. The van der Waals surface area contributed by atoms with E-state index in [1.807, 2.05) is 0 Å². The molecule has 4 nitrogen and oxygen atoms in total. The Morgan fingerprint density at radius 1 is 1.43 bits per heavy atom. The van der Waals surface area contributed by atoms with Gasteiger partial charge in [0.05, 0.1) is 6.16 Å². The lowest BCUT2D eigenvalue weighted by molar-refractivity contribution is 0.369. The molecule has 0 unspecified atom stereocenters. The summed E-state index contributed by atoms with van der Waals surface area (Å²) in [5.41, 5.74) is 0.730. The van der Waals surface area contributed by atoms with Crippen molar-refractivity contribution in [3.63, 3.8) is 0 Å². The van der Waals surface area contributed by atoms with Gasteiger partial charge in [0.25, 0.3) is 0 Å². The van der Waals surface area contributed by atoms with Crippen LogP contribution in [0.2, 0.25) is 0 Å². The van der Waals surface area contributed by atoms with E-state index in [0.717, 1.165) is 5.56 Å². The van der Waals surface area contributed by atoms with Gasteiger partial charge in [-0.1, -0.05) is 19.1 Å². The van der Waals surface area contributed by atoms with Crippen LogP contribution in [0.1, 0.15) is 18.4 Å². The number of phenolic OH excluding ortho intramolecular Hbond substituents is 1. The van der Waals surface area contributed by atoms with E-state index in [-0.39, 0.29) is 17.8 Å². The van der Waals surface area contributed by atoms with Crippen LogP contribution in [0.4, 0.5) is 0 Å². The van der Waals surface area contributed by atoms with Gasteiger partial charge in [0.2, 0.25) is 0 Å². The Bertz CT molecular complexity index is 358. The van der Waals surface area contributed by atoms with Crippen LogP contribution in [-0.2, 0) is 4.57 Å². The van der Waals surface area contributed by atoms with E-state index < -0.39 is 7.60 Å². The molecule has 0 fully saturated rings. The molecule has 0 aliphatic heterocycles. The molecule has 14 heavy (non-hydrogen) atoms. The van der Waals surface area contributed by atoms with Crippen molar-refractivity contribution < 1.29 is 19.5 Å². The van der Waals surface area contributed by atoms with Crippen LogP contribution in [0.15, 0.2) is 24.3 Å². The SMILES string of the molecule is C[C@@H](CP(=O)(O)O)c1cccc(O)c1. The van der Waals surface area contributed by atoms with Crippen LogP contribution in [-0.4, -0.2) is 21.1 Å². The first kappa shape index (κ1) is 11.2. The van der Waals surface area contributed by atoms with E-state index in [2.05, 4.69) is 0 Å². The molecule has 0 bridgehead atoms. The van der Waals surface area contributed by atoms with Crippen LogP contribution in [0.5, 0.6) is 5.75 Å². The van der Waals surface area contributed by atoms with Gasteiger partial charge < -0.3 is 14.9 Å². The summed E-state index contributed by atoms with van der Waals surface area (Å²) in [5, 5.41) is 9.17. The Morgan fingerprint density at radius 2 is 2.07 bits per heavy atom. The number of hydrogen-bond acceptors (Lipinski definition) is 2. The molecule has 78 valence electrons. The quantitative estimate of drug-likeness (QED) is 0.671. The Balaban J connectivity index is 2.80. The van der Waals surface area contributed by atoms with Gasteiger partial charge in [-0.05, 0) is 23.6 Å².